The Kier molecular flexibility index (Phi) is 4.82. The van der Waals surface area contributed by atoms with E-state index in [1.54, 1.807) is 25.3 Å². The number of carbonyl (C=O) groups is 1. The fourth-order valence-corrected chi connectivity index (χ4v) is 4.92. The number of halogens is 1. The summed E-state index contributed by atoms with van der Waals surface area (Å²) in [6.07, 6.45) is 2.96. The number of fused-ring (bicyclic) bond motifs is 2. The molecule has 5 rings (SSSR count). The van der Waals surface area contributed by atoms with Crippen LogP contribution in [0.2, 0.25) is 0 Å². The SMILES string of the molecule is CC(C)c1c([C@H]2CC[C@](C)(C(=O)O)OC2)c2cc3[nH]ncc3cc2n1-c1ccc(F)cc1. The first-order valence-corrected chi connectivity index (χ1v) is 10.9. The molecule has 2 aromatic heterocycles. The normalized spacial score (nSPS) is 21.6. The first-order valence-electron chi connectivity index (χ1n) is 10.9. The number of aromatic nitrogens is 3. The molecule has 7 heteroatoms. The van der Waals surface area contributed by atoms with Gasteiger partial charge in [-0.1, -0.05) is 13.8 Å². The molecule has 0 aliphatic carbocycles. The number of nitrogens with one attached hydrogen (secondary N) is 1. The van der Waals surface area contributed by atoms with E-state index in [-0.39, 0.29) is 17.7 Å². The third-order valence-electron chi connectivity index (χ3n) is 6.67. The fourth-order valence-electron chi connectivity index (χ4n) is 4.92. The summed E-state index contributed by atoms with van der Waals surface area (Å²) in [7, 11) is 0. The molecule has 2 aromatic carbocycles. The van der Waals surface area contributed by atoms with E-state index in [9.17, 15) is 14.3 Å². The summed E-state index contributed by atoms with van der Waals surface area (Å²) in [5.41, 5.74) is 4.01. The Balaban J connectivity index is 1.75. The van der Waals surface area contributed by atoms with Crippen LogP contribution in [0.3, 0.4) is 0 Å². The van der Waals surface area contributed by atoms with Crippen LogP contribution in [0.1, 0.15) is 56.7 Å². The van der Waals surface area contributed by atoms with E-state index in [1.165, 1.54) is 17.7 Å². The van der Waals surface area contributed by atoms with Gasteiger partial charge in [-0.3, -0.25) is 5.10 Å². The van der Waals surface area contributed by atoms with Crippen LogP contribution in [0.5, 0.6) is 0 Å². The Hall–Kier alpha value is -3.19. The van der Waals surface area contributed by atoms with Gasteiger partial charge in [-0.05, 0) is 67.6 Å². The number of hydrogen-bond acceptors (Lipinski definition) is 3. The van der Waals surface area contributed by atoms with E-state index in [0.717, 1.165) is 33.2 Å². The minimum atomic E-state index is -1.15. The minimum Gasteiger partial charge on any atom is -0.479 e. The van der Waals surface area contributed by atoms with Crippen LogP contribution in [0.25, 0.3) is 27.5 Å². The van der Waals surface area contributed by atoms with Crippen molar-refractivity contribution in [3.05, 3.63) is 59.7 Å². The Morgan fingerprint density at radius 2 is 2.06 bits per heavy atom. The van der Waals surface area contributed by atoms with Gasteiger partial charge in [0.05, 0.1) is 23.8 Å². The number of rotatable bonds is 4. The number of carboxylic acid groups (broad SMARTS) is 1. The Labute approximate surface area is 185 Å². The van der Waals surface area contributed by atoms with Crippen molar-refractivity contribution < 1.29 is 19.0 Å². The van der Waals surface area contributed by atoms with Crippen LogP contribution >= 0.6 is 0 Å². The highest BCUT2D eigenvalue weighted by Gasteiger charge is 2.40. The van der Waals surface area contributed by atoms with Crippen LogP contribution in [-0.4, -0.2) is 38.0 Å². The van der Waals surface area contributed by atoms with Crippen molar-refractivity contribution in [2.45, 2.75) is 51.0 Å². The van der Waals surface area contributed by atoms with Gasteiger partial charge in [0.25, 0.3) is 0 Å². The molecule has 32 heavy (non-hydrogen) atoms. The summed E-state index contributed by atoms with van der Waals surface area (Å²) in [5, 5.41) is 18.9. The first-order chi connectivity index (χ1) is 15.3. The third-order valence-corrected chi connectivity index (χ3v) is 6.67. The molecular weight excluding hydrogens is 409 g/mol. The van der Waals surface area contributed by atoms with Gasteiger partial charge in [0.15, 0.2) is 5.60 Å². The summed E-state index contributed by atoms with van der Waals surface area (Å²) in [6.45, 7) is 6.28. The maximum absolute atomic E-state index is 13.7. The number of aliphatic carboxylic acids is 1. The lowest BCUT2D eigenvalue weighted by Gasteiger charge is -2.35. The summed E-state index contributed by atoms with van der Waals surface area (Å²) >= 11 is 0. The van der Waals surface area contributed by atoms with Crippen molar-refractivity contribution in [1.29, 1.82) is 0 Å². The van der Waals surface area contributed by atoms with E-state index < -0.39 is 11.6 Å². The van der Waals surface area contributed by atoms with E-state index in [0.29, 0.717) is 19.4 Å². The van der Waals surface area contributed by atoms with E-state index >= 15 is 0 Å². The average molecular weight is 435 g/mol. The highest BCUT2D eigenvalue weighted by Crippen LogP contribution is 2.44. The molecule has 4 aromatic rings. The number of H-pyrrole nitrogens is 1. The number of hydrogen-bond donors (Lipinski definition) is 2. The standard InChI is InChI=1S/C25H26FN3O3/c1-14(2)23-22(15-8-9-25(3,24(30)31)32-13-15)19-11-20-16(12-27-28-20)10-21(19)29(23)18-6-4-17(26)5-7-18/h4-7,10-12,14-15H,8-9,13H2,1-3H3,(H,27,28)(H,30,31)/t15-,25+/m0/s1. The zero-order valence-electron chi connectivity index (χ0n) is 18.4. The summed E-state index contributed by atoms with van der Waals surface area (Å²) < 4.78 is 21.8. The highest BCUT2D eigenvalue weighted by atomic mass is 19.1. The molecule has 3 heterocycles. The van der Waals surface area contributed by atoms with Gasteiger partial charge in [0.2, 0.25) is 0 Å². The molecular formula is C25H26FN3O3. The lowest BCUT2D eigenvalue weighted by Crippen LogP contribution is -2.43. The van der Waals surface area contributed by atoms with Crippen molar-refractivity contribution >= 4 is 27.8 Å². The second-order valence-electron chi connectivity index (χ2n) is 9.17. The van der Waals surface area contributed by atoms with Gasteiger partial charge in [-0.15, -0.1) is 0 Å². The Bertz CT molecular complexity index is 1310. The van der Waals surface area contributed by atoms with E-state index in [4.69, 9.17) is 4.74 Å². The number of benzene rings is 2. The van der Waals surface area contributed by atoms with Crippen LogP contribution in [0.4, 0.5) is 4.39 Å². The van der Waals surface area contributed by atoms with Crippen LogP contribution in [-0.2, 0) is 9.53 Å². The second kappa shape index (κ2) is 7.45. The van der Waals surface area contributed by atoms with E-state index in [1.807, 2.05) is 0 Å². The second-order valence-corrected chi connectivity index (χ2v) is 9.17. The molecule has 1 saturated heterocycles. The average Bonchev–Trinajstić information content (AvgIpc) is 3.35. The van der Waals surface area contributed by atoms with Gasteiger partial charge < -0.3 is 14.4 Å². The monoisotopic (exact) mass is 435 g/mol. The molecule has 2 atom stereocenters. The van der Waals surface area contributed by atoms with Crippen LogP contribution in [0, 0.1) is 5.82 Å². The molecule has 1 fully saturated rings. The fraction of sp³-hybridized carbons (Fsp3) is 0.360. The van der Waals surface area contributed by atoms with Crippen LogP contribution < -0.4 is 0 Å². The van der Waals surface area contributed by atoms with Crippen molar-refractivity contribution in [1.82, 2.24) is 14.8 Å². The number of ether oxygens (including phenoxy) is 1. The van der Waals surface area contributed by atoms with E-state index in [2.05, 4.69) is 40.7 Å². The minimum absolute atomic E-state index is 0.0596. The quantitative estimate of drug-likeness (QED) is 0.443. The number of carboxylic acids is 1. The molecule has 2 N–H and O–H groups in total. The Morgan fingerprint density at radius 3 is 2.69 bits per heavy atom. The van der Waals surface area contributed by atoms with Gasteiger partial charge in [0.1, 0.15) is 5.82 Å². The van der Waals surface area contributed by atoms with Gasteiger partial charge in [-0.25, -0.2) is 9.18 Å². The summed E-state index contributed by atoms with van der Waals surface area (Å²) in [6, 6.07) is 10.8. The first kappa shape index (κ1) is 20.7. The van der Waals surface area contributed by atoms with Crippen molar-refractivity contribution in [3.63, 3.8) is 0 Å². The van der Waals surface area contributed by atoms with Crippen molar-refractivity contribution in [2.75, 3.05) is 6.61 Å². The summed E-state index contributed by atoms with van der Waals surface area (Å²) in [5.74, 6) is -0.952. The molecule has 6 nitrogen and oxygen atoms in total. The van der Waals surface area contributed by atoms with Crippen molar-refractivity contribution in [2.24, 2.45) is 0 Å². The molecule has 1 aliphatic heterocycles. The lowest BCUT2D eigenvalue weighted by atomic mass is 9.83. The van der Waals surface area contributed by atoms with Gasteiger partial charge in [-0.2, -0.15) is 5.10 Å². The number of nitrogens with zero attached hydrogens (tertiary/aromatic N) is 2. The predicted molar refractivity (Wildman–Crippen MR) is 121 cm³/mol. The maximum Gasteiger partial charge on any atom is 0.335 e. The predicted octanol–water partition coefficient (Wildman–Crippen LogP) is 5.51. The molecule has 0 spiro atoms. The molecule has 0 saturated carbocycles. The summed E-state index contributed by atoms with van der Waals surface area (Å²) in [4.78, 5) is 11.7. The van der Waals surface area contributed by atoms with Crippen LogP contribution in [0.15, 0.2) is 42.6 Å². The molecule has 1 aliphatic rings. The molecule has 0 bridgehead atoms. The third kappa shape index (κ3) is 3.19. The molecule has 0 unspecified atom stereocenters. The van der Waals surface area contributed by atoms with Gasteiger partial charge in [0, 0.05) is 28.1 Å². The smallest absolute Gasteiger partial charge is 0.335 e. The highest BCUT2D eigenvalue weighted by molar-refractivity contribution is 5.99. The lowest BCUT2D eigenvalue weighted by molar-refractivity contribution is -0.170. The van der Waals surface area contributed by atoms with Gasteiger partial charge >= 0.3 is 5.97 Å². The topological polar surface area (TPSA) is 80.1 Å². The largest absolute Gasteiger partial charge is 0.479 e. The zero-order valence-corrected chi connectivity index (χ0v) is 18.4. The molecule has 0 radical (unpaired) electrons. The Morgan fingerprint density at radius 1 is 1.31 bits per heavy atom. The molecule has 0 amide bonds. The zero-order chi connectivity index (χ0) is 22.6. The molecule has 166 valence electrons. The number of aromatic amines is 1. The van der Waals surface area contributed by atoms with Crippen molar-refractivity contribution in [3.8, 4) is 5.69 Å². The maximum atomic E-state index is 13.7.